The van der Waals surface area contributed by atoms with Crippen LogP contribution in [0.3, 0.4) is 0 Å². The molecule has 0 radical (unpaired) electrons. The molecule has 4 heteroatoms. The summed E-state index contributed by atoms with van der Waals surface area (Å²) in [6.07, 6.45) is 6.05. The van der Waals surface area contributed by atoms with Gasteiger partial charge in [-0.2, -0.15) is 0 Å². The second-order valence-electron chi connectivity index (χ2n) is 6.22. The molecule has 2 atom stereocenters. The van der Waals surface area contributed by atoms with E-state index in [0.717, 1.165) is 32.1 Å². The highest BCUT2D eigenvalue weighted by atomic mass is 35.5. The number of rotatable bonds is 2. The summed E-state index contributed by atoms with van der Waals surface area (Å²) >= 11 is 0. The first kappa shape index (κ1) is 14.1. The van der Waals surface area contributed by atoms with Gasteiger partial charge in [0.1, 0.15) is 0 Å². The average molecular weight is 273 g/mol. The fourth-order valence-corrected chi connectivity index (χ4v) is 3.76. The molecular formula is C14H25ClN2O. The first-order valence-electron chi connectivity index (χ1n) is 7.25. The minimum absolute atomic E-state index is 0. The summed E-state index contributed by atoms with van der Waals surface area (Å²) in [6, 6.07) is 0. The first-order valence-corrected chi connectivity index (χ1v) is 7.25. The number of piperidine rings is 1. The number of hydrogen-bond donors (Lipinski definition) is 1. The Balaban J connectivity index is 0.00000120. The number of amides is 1. The summed E-state index contributed by atoms with van der Waals surface area (Å²) in [4.78, 5) is 14.6. The van der Waals surface area contributed by atoms with E-state index in [9.17, 15) is 4.79 Å². The van der Waals surface area contributed by atoms with Crippen molar-refractivity contribution in [1.82, 2.24) is 10.2 Å². The number of nitrogens with zero attached hydrogens (tertiary/aromatic N) is 1. The number of hydrogen-bond acceptors (Lipinski definition) is 2. The summed E-state index contributed by atoms with van der Waals surface area (Å²) in [5.74, 6) is 1.62. The van der Waals surface area contributed by atoms with E-state index in [-0.39, 0.29) is 12.4 Å². The van der Waals surface area contributed by atoms with E-state index in [1.807, 2.05) is 0 Å². The van der Waals surface area contributed by atoms with Crippen molar-refractivity contribution < 1.29 is 4.79 Å². The van der Waals surface area contributed by atoms with E-state index in [1.165, 1.54) is 32.1 Å². The zero-order chi connectivity index (χ0) is 11.9. The zero-order valence-corrected chi connectivity index (χ0v) is 12.1. The largest absolute Gasteiger partial charge is 0.342 e. The number of carbonyl (C=O) groups is 1. The summed E-state index contributed by atoms with van der Waals surface area (Å²) in [6.45, 7) is 6.51. The molecule has 0 aromatic heterocycles. The maximum atomic E-state index is 12.4. The number of nitrogens with one attached hydrogen (secondary N) is 1. The van der Waals surface area contributed by atoms with Crippen LogP contribution in [-0.4, -0.2) is 37.0 Å². The molecule has 2 unspecified atom stereocenters. The Morgan fingerprint density at radius 2 is 2.11 bits per heavy atom. The molecule has 1 spiro atoms. The smallest absolute Gasteiger partial charge is 0.226 e. The van der Waals surface area contributed by atoms with Crippen LogP contribution in [0.15, 0.2) is 0 Å². The molecule has 104 valence electrons. The highest BCUT2D eigenvalue weighted by molar-refractivity contribution is 5.85. The third-order valence-electron chi connectivity index (χ3n) is 5.26. The standard InChI is InChI=1S/C14H24N2O.ClH/c1-2-11-3-8-16(10-11)13(17)12-9-14(12)4-6-15-7-5-14;/h11-12,15H,2-10H2,1H3;1H. The van der Waals surface area contributed by atoms with Crippen molar-refractivity contribution in [3.05, 3.63) is 0 Å². The molecule has 1 saturated carbocycles. The monoisotopic (exact) mass is 272 g/mol. The summed E-state index contributed by atoms with van der Waals surface area (Å²) in [5, 5.41) is 3.40. The van der Waals surface area contributed by atoms with Crippen LogP contribution < -0.4 is 5.32 Å². The van der Waals surface area contributed by atoms with E-state index in [1.54, 1.807) is 0 Å². The lowest BCUT2D eigenvalue weighted by Gasteiger charge is -2.25. The Bertz CT molecular complexity index is 315. The number of likely N-dealkylation sites (tertiary alicyclic amines) is 1. The maximum absolute atomic E-state index is 12.4. The van der Waals surface area contributed by atoms with Crippen molar-refractivity contribution in [2.75, 3.05) is 26.2 Å². The number of halogens is 1. The maximum Gasteiger partial charge on any atom is 0.226 e. The van der Waals surface area contributed by atoms with Crippen LogP contribution in [0, 0.1) is 17.3 Å². The lowest BCUT2D eigenvalue weighted by molar-refractivity contribution is -0.132. The molecular weight excluding hydrogens is 248 g/mol. The highest BCUT2D eigenvalue weighted by Gasteiger charge is 2.58. The molecule has 2 heterocycles. The van der Waals surface area contributed by atoms with Gasteiger partial charge in [0.2, 0.25) is 5.91 Å². The van der Waals surface area contributed by atoms with Gasteiger partial charge in [-0.05, 0) is 50.1 Å². The lowest BCUT2D eigenvalue weighted by atomic mass is 9.91. The van der Waals surface area contributed by atoms with Crippen molar-refractivity contribution >= 4 is 18.3 Å². The molecule has 2 aliphatic heterocycles. The fraction of sp³-hybridized carbons (Fsp3) is 0.929. The molecule has 0 bridgehead atoms. The molecule has 1 aliphatic carbocycles. The van der Waals surface area contributed by atoms with Crippen LogP contribution in [0.1, 0.15) is 39.0 Å². The third kappa shape index (κ3) is 2.39. The van der Waals surface area contributed by atoms with Crippen molar-refractivity contribution in [1.29, 1.82) is 0 Å². The van der Waals surface area contributed by atoms with Gasteiger partial charge in [0.25, 0.3) is 0 Å². The Hall–Kier alpha value is -0.280. The predicted molar refractivity (Wildman–Crippen MR) is 74.9 cm³/mol. The van der Waals surface area contributed by atoms with E-state index in [4.69, 9.17) is 0 Å². The topological polar surface area (TPSA) is 32.3 Å². The van der Waals surface area contributed by atoms with Gasteiger partial charge in [-0.15, -0.1) is 12.4 Å². The highest BCUT2D eigenvalue weighted by Crippen LogP contribution is 2.59. The molecule has 1 amide bonds. The Morgan fingerprint density at radius 1 is 1.39 bits per heavy atom. The molecule has 18 heavy (non-hydrogen) atoms. The van der Waals surface area contributed by atoms with Crippen molar-refractivity contribution in [3.63, 3.8) is 0 Å². The quantitative estimate of drug-likeness (QED) is 0.835. The van der Waals surface area contributed by atoms with Gasteiger partial charge >= 0.3 is 0 Å². The molecule has 3 nitrogen and oxygen atoms in total. The Labute approximate surface area is 116 Å². The SMILES string of the molecule is CCC1CCN(C(=O)C2CC23CCNCC3)C1.Cl. The molecule has 0 aromatic rings. The average Bonchev–Trinajstić information content (AvgIpc) is 2.86. The minimum atomic E-state index is 0. The Morgan fingerprint density at radius 3 is 2.72 bits per heavy atom. The van der Waals surface area contributed by atoms with E-state index < -0.39 is 0 Å². The van der Waals surface area contributed by atoms with Crippen molar-refractivity contribution in [2.45, 2.75) is 39.0 Å². The summed E-state index contributed by atoms with van der Waals surface area (Å²) in [7, 11) is 0. The van der Waals surface area contributed by atoms with Crippen LogP contribution in [0.5, 0.6) is 0 Å². The Kier molecular flexibility index (Phi) is 4.22. The van der Waals surface area contributed by atoms with E-state index in [0.29, 0.717) is 17.2 Å². The summed E-state index contributed by atoms with van der Waals surface area (Å²) in [5.41, 5.74) is 0.409. The molecule has 0 aromatic carbocycles. The van der Waals surface area contributed by atoms with Gasteiger partial charge in [0.05, 0.1) is 0 Å². The van der Waals surface area contributed by atoms with Gasteiger partial charge in [-0.3, -0.25) is 4.79 Å². The van der Waals surface area contributed by atoms with Crippen LogP contribution in [0.4, 0.5) is 0 Å². The number of carbonyl (C=O) groups excluding carboxylic acids is 1. The van der Waals surface area contributed by atoms with Crippen LogP contribution in [0.25, 0.3) is 0 Å². The molecule has 3 aliphatic rings. The zero-order valence-electron chi connectivity index (χ0n) is 11.3. The van der Waals surface area contributed by atoms with Crippen molar-refractivity contribution in [2.24, 2.45) is 17.3 Å². The molecule has 3 rings (SSSR count). The molecule has 2 saturated heterocycles. The third-order valence-corrected chi connectivity index (χ3v) is 5.26. The first-order chi connectivity index (χ1) is 8.25. The van der Waals surface area contributed by atoms with Crippen molar-refractivity contribution in [3.8, 4) is 0 Å². The van der Waals surface area contributed by atoms with Gasteiger partial charge < -0.3 is 10.2 Å². The molecule has 3 fully saturated rings. The lowest BCUT2D eigenvalue weighted by Crippen LogP contribution is -2.35. The molecule has 1 N–H and O–H groups in total. The van der Waals surface area contributed by atoms with E-state index >= 15 is 0 Å². The fourth-order valence-electron chi connectivity index (χ4n) is 3.76. The van der Waals surface area contributed by atoms with Gasteiger partial charge in [-0.1, -0.05) is 13.3 Å². The van der Waals surface area contributed by atoms with E-state index in [2.05, 4.69) is 17.1 Å². The second-order valence-corrected chi connectivity index (χ2v) is 6.22. The van der Waals surface area contributed by atoms with Gasteiger partial charge in [-0.25, -0.2) is 0 Å². The van der Waals surface area contributed by atoms with Crippen LogP contribution in [0.2, 0.25) is 0 Å². The van der Waals surface area contributed by atoms with Gasteiger partial charge in [0.15, 0.2) is 0 Å². The van der Waals surface area contributed by atoms with Crippen LogP contribution >= 0.6 is 12.4 Å². The summed E-state index contributed by atoms with van der Waals surface area (Å²) < 4.78 is 0. The second kappa shape index (κ2) is 5.38. The predicted octanol–water partition coefficient (Wildman–Crippen LogP) is 2.06. The normalized spacial score (nSPS) is 33.3. The minimum Gasteiger partial charge on any atom is -0.342 e. The van der Waals surface area contributed by atoms with Gasteiger partial charge in [0, 0.05) is 19.0 Å². The van der Waals surface area contributed by atoms with Crippen LogP contribution in [-0.2, 0) is 4.79 Å².